The first kappa shape index (κ1) is 18.7. The van der Waals surface area contributed by atoms with Crippen molar-refractivity contribution in [3.05, 3.63) is 65.5 Å². The van der Waals surface area contributed by atoms with Gasteiger partial charge in [0.15, 0.2) is 0 Å². The third-order valence-corrected chi connectivity index (χ3v) is 3.90. The highest BCUT2D eigenvalue weighted by molar-refractivity contribution is 5.73. The highest BCUT2D eigenvalue weighted by Crippen LogP contribution is 2.18. The lowest BCUT2D eigenvalue weighted by molar-refractivity contribution is 0.232. The van der Waals surface area contributed by atoms with Crippen LogP contribution in [-0.2, 0) is 6.54 Å². The first-order valence-electron chi connectivity index (χ1n) is 8.06. The smallest absolute Gasteiger partial charge is 0.315 e. The van der Waals surface area contributed by atoms with Gasteiger partial charge in [0.2, 0.25) is 0 Å². The molecule has 0 spiro atoms. The van der Waals surface area contributed by atoms with E-state index in [2.05, 4.69) is 10.6 Å². The molecule has 0 aliphatic carbocycles. The Labute approximate surface area is 147 Å². The molecule has 0 saturated carbocycles. The number of hydrogen-bond acceptors (Lipinski definition) is 3. The van der Waals surface area contributed by atoms with Gasteiger partial charge in [0.25, 0.3) is 0 Å². The van der Waals surface area contributed by atoms with Crippen LogP contribution in [0.5, 0.6) is 5.75 Å². The first-order valence-corrected chi connectivity index (χ1v) is 8.06. The number of amides is 2. The van der Waals surface area contributed by atoms with Crippen LogP contribution in [0.4, 0.5) is 9.18 Å². The molecule has 0 heterocycles. The lowest BCUT2D eigenvalue weighted by Crippen LogP contribution is -2.40. The zero-order valence-electron chi connectivity index (χ0n) is 14.8. The second-order valence-corrected chi connectivity index (χ2v) is 5.95. The van der Waals surface area contributed by atoms with Crippen molar-refractivity contribution in [2.24, 2.45) is 0 Å². The van der Waals surface area contributed by atoms with Crippen molar-refractivity contribution in [3.63, 3.8) is 0 Å². The number of carbonyl (C=O) groups excluding carboxylic acids is 1. The Balaban J connectivity index is 1.88. The number of rotatable bonds is 7. The third kappa shape index (κ3) is 5.76. The van der Waals surface area contributed by atoms with Crippen molar-refractivity contribution < 1.29 is 13.9 Å². The molecule has 2 aromatic carbocycles. The average molecular weight is 345 g/mol. The first-order chi connectivity index (χ1) is 12.0. The molecule has 134 valence electrons. The molecular formula is C19H24FN3O2. The Kier molecular flexibility index (Phi) is 6.77. The minimum Gasteiger partial charge on any atom is -0.497 e. The fraction of sp³-hybridized carbons (Fsp3) is 0.316. The van der Waals surface area contributed by atoms with Crippen molar-refractivity contribution in [1.82, 2.24) is 15.5 Å². The van der Waals surface area contributed by atoms with Crippen LogP contribution in [0.2, 0.25) is 0 Å². The molecular weight excluding hydrogens is 321 g/mol. The molecule has 1 atom stereocenters. The molecule has 1 unspecified atom stereocenters. The largest absolute Gasteiger partial charge is 0.497 e. The molecule has 0 fully saturated rings. The molecule has 0 saturated heterocycles. The SMILES string of the molecule is COc1cccc(CNC(=O)NCC(c2cccc(F)c2)N(C)C)c1. The van der Waals surface area contributed by atoms with Crippen LogP contribution < -0.4 is 15.4 Å². The third-order valence-electron chi connectivity index (χ3n) is 3.90. The number of halogens is 1. The van der Waals surface area contributed by atoms with E-state index in [1.165, 1.54) is 12.1 Å². The van der Waals surface area contributed by atoms with Gasteiger partial charge in [-0.05, 0) is 49.5 Å². The number of urea groups is 1. The standard InChI is InChI=1S/C19H24FN3O2/c1-23(2)18(15-7-5-8-16(20)11-15)13-22-19(24)21-12-14-6-4-9-17(10-14)25-3/h4-11,18H,12-13H2,1-3H3,(H2,21,22,24). The van der Waals surface area contributed by atoms with E-state index in [-0.39, 0.29) is 17.9 Å². The lowest BCUT2D eigenvalue weighted by Gasteiger charge is -2.25. The Bertz CT molecular complexity index is 707. The van der Waals surface area contributed by atoms with E-state index in [1.54, 1.807) is 13.2 Å². The summed E-state index contributed by atoms with van der Waals surface area (Å²) in [4.78, 5) is 14.0. The number of methoxy groups -OCH3 is 1. The van der Waals surface area contributed by atoms with Crippen LogP contribution in [0.3, 0.4) is 0 Å². The van der Waals surface area contributed by atoms with Gasteiger partial charge in [-0.3, -0.25) is 0 Å². The van der Waals surface area contributed by atoms with E-state index in [4.69, 9.17) is 4.74 Å². The van der Waals surface area contributed by atoms with E-state index < -0.39 is 0 Å². The number of likely N-dealkylation sites (N-methyl/N-ethyl adjacent to an activating group) is 1. The van der Waals surface area contributed by atoms with E-state index in [1.807, 2.05) is 49.3 Å². The maximum Gasteiger partial charge on any atom is 0.315 e. The van der Waals surface area contributed by atoms with Crippen LogP contribution in [-0.4, -0.2) is 38.7 Å². The molecule has 0 aromatic heterocycles. The number of nitrogens with zero attached hydrogens (tertiary/aromatic N) is 1. The molecule has 0 radical (unpaired) electrons. The Morgan fingerprint density at radius 1 is 1.16 bits per heavy atom. The van der Waals surface area contributed by atoms with Gasteiger partial charge in [0.1, 0.15) is 11.6 Å². The Morgan fingerprint density at radius 2 is 1.92 bits per heavy atom. The zero-order valence-corrected chi connectivity index (χ0v) is 14.8. The van der Waals surface area contributed by atoms with Crippen molar-refractivity contribution >= 4 is 6.03 Å². The fourth-order valence-corrected chi connectivity index (χ4v) is 2.53. The predicted molar refractivity (Wildman–Crippen MR) is 96.1 cm³/mol. The second kappa shape index (κ2) is 9.03. The summed E-state index contributed by atoms with van der Waals surface area (Å²) in [6.07, 6.45) is 0. The van der Waals surface area contributed by atoms with Crippen molar-refractivity contribution in [3.8, 4) is 5.75 Å². The molecule has 6 heteroatoms. The predicted octanol–water partition coefficient (Wildman–Crippen LogP) is 2.94. The molecule has 25 heavy (non-hydrogen) atoms. The summed E-state index contributed by atoms with van der Waals surface area (Å²) in [5.74, 6) is 0.463. The fourth-order valence-electron chi connectivity index (χ4n) is 2.53. The van der Waals surface area contributed by atoms with Gasteiger partial charge in [-0.15, -0.1) is 0 Å². The van der Waals surface area contributed by atoms with Crippen molar-refractivity contribution in [2.45, 2.75) is 12.6 Å². The van der Waals surface area contributed by atoms with E-state index >= 15 is 0 Å². The number of ether oxygens (including phenoxy) is 1. The topological polar surface area (TPSA) is 53.6 Å². The van der Waals surface area contributed by atoms with Crippen LogP contribution in [0.1, 0.15) is 17.2 Å². The van der Waals surface area contributed by atoms with Gasteiger partial charge in [-0.25, -0.2) is 9.18 Å². The molecule has 2 aromatic rings. The summed E-state index contributed by atoms with van der Waals surface area (Å²) in [7, 11) is 5.39. The Morgan fingerprint density at radius 3 is 2.60 bits per heavy atom. The summed E-state index contributed by atoms with van der Waals surface area (Å²) >= 11 is 0. The van der Waals surface area contributed by atoms with E-state index in [0.29, 0.717) is 13.1 Å². The molecule has 2 rings (SSSR count). The van der Waals surface area contributed by atoms with Gasteiger partial charge in [0, 0.05) is 13.1 Å². The van der Waals surface area contributed by atoms with Crippen molar-refractivity contribution in [1.29, 1.82) is 0 Å². The van der Waals surface area contributed by atoms with Gasteiger partial charge in [-0.1, -0.05) is 24.3 Å². The van der Waals surface area contributed by atoms with Gasteiger partial charge >= 0.3 is 6.03 Å². The Hall–Kier alpha value is -2.60. The summed E-state index contributed by atoms with van der Waals surface area (Å²) < 4.78 is 18.6. The molecule has 0 aliphatic heterocycles. The van der Waals surface area contributed by atoms with Gasteiger partial charge in [0.05, 0.1) is 13.2 Å². The number of benzene rings is 2. The van der Waals surface area contributed by atoms with Gasteiger partial charge < -0.3 is 20.3 Å². The summed E-state index contributed by atoms with van der Waals surface area (Å²) in [6, 6.07) is 13.5. The zero-order chi connectivity index (χ0) is 18.2. The molecule has 5 nitrogen and oxygen atoms in total. The summed E-state index contributed by atoms with van der Waals surface area (Å²) in [5.41, 5.74) is 1.77. The quantitative estimate of drug-likeness (QED) is 0.811. The van der Waals surface area contributed by atoms with Crippen molar-refractivity contribution in [2.75, 3.05) is 27.7 Å². The average Bonchev–Trinajstić information content (AvgIpc) is 2.60. The highest BCUT2D eigenvalue weighted by atomic mass is 19.1. The van der Waals surface area contributed by atoms with Crippen LogP contribution in [0.15, 0.2) is 48.5 Å². The van der Waals surface area contributed by atoms with Crippen LogP contribution in [0.25, 0.3) is 0 Å². The summed E-state index contributed by atoms with van der Waals surface area (Å²) in [6.45, 7) is 0.774. The molecule has 2 N–H and O–H groups in total. The number of hydrogen-bond donors (Lipinski definition) is 2. The van der Waals surface area contributed by atoms with E-state index in [9.17, 15) is 9.18 Å². The monoisotopic (exact) mass is 345 g/mol. The van der Waals surface area contributed by atoms with Gasteiger partial charge in [-0.2, -0.15) is 0 Å². The van der Waals surface area contributed by atoms with Crippen LogP contribution in [0, 0.1) is 5.82 Å². The minimum atomic E-state index is -0.285. The summed E-state index contributed by atoms with van der Waals surface area (Å²) in [5, 5.41) is 5.64. The molecule has 0 aliphatic rings. The lowest BCUT2D eigenvalue weighted by atomic mass is 10.1. The maximum atomic E-state index is 13.4. The molecule has 2 amide bonds. The van der Waals surface area contributed by atoms with Crippen LogP contribution >= 0.6 is 0 Å². The minimum absolute atomic E-state index is 0.113. The molecule has 0 bridgehead atoms. The highest BCUT2D eigenvalue weighted by Gasteiger charge is 2.15. The normalized spacial score (nSPS) is 11.9. The maximum absolute atomic E-state index is 13.4. The number of carbonyl (C=O) groups is 1. The second-order valence-electron chi connectivity index (χ2n) is 5.95. The number of nitrogens with one attached hydrogen (secondary N) is 2. The van der Waals surface area contributed by atoms with E-state index in [0.717, 1.165) is 16.9 Å².